The quantitative estimate of drug-likeness (QED) is 0.685. The normalized spacial score (nSPS) is 14.0. The Bertz CT molecular complexity index is 1080. The van der Waals surface area contributed by atoms with E-state index in [0.717, 1.165) is 29.9 Å². The van der Waals surface area contributed by atoms with Crippen molar-refractivity contribution in [3.05, 3.63) is 94.6 Å². The van der Waals surface area contributed by atoms with Crippen LogP contribution in [0.4, 0.5) is 0 Å². The van der Waals surface area contributed by atoms with Gasteiger partial charge in [0.2, 0.25) is 0 Å². The summed E-state index contributed by atoms with van der Waals surface area (Å²) >= 11 is 0. The number of hydrogen-bond acceptors (Lipinski definition) is 2. The lowest BCUT2D eigenvalue weighted by Gasteiger charge is -2.12. The molecule has 0 saturated heterocycles. The van der Waals surface area contributed by atoms with E-state index in [0.29, 0.717) is 0 Å². The number of nitrogens with one attached hydrogen (secondary N) is 1. The van der Waals surface area contributed by atoms with Gasteiger partial charge in [0.15, 0.2) is 0 Å². The maximum atomic E-state index is 4.75. The molecule has 0 bridgehead atoms. The number of pyridine rings is 1. The molecule has 1 aliphatic carbocycles. The molecule has 4 rings (SSSR count). The molecule has 2 aromatic heterocycles. The fourth-order valence-corrected chi connectivity index (χ4v) is 3.66. The molecule has 3 heteroatoms. The fourth-order valence-electron chi connectivity index (χ4n) is 3.66. The SMILES string of the molecule is CN/C(C)=C\c1c(C)cccc1Cc1cccn2c(C3=CCC=C3)cnc12. The van der Waals surface area contributed by atoms with Crippen molar-refractivity contribution >= 4 is 17.3 Å². The van der Waals surface area contributed by atoms with Crippen LogP contribution in [-0.2, 0) is 6.42 Å². The molecule has 0 amide bonds. The van der Waals surface area contributed by atoms with Crippen molar-refractivity contribution in [3.8, 4) is 0 Å². The van der Waals surface area contributed by atoms with E-state index in [1.807, 2.05) is 13.2 Å². The van der Waals surface area contributed by atoms with Gasteiger partial charge in [0.05, 0.1) is 11.9 Å². The first-order valence-electron chi connectivity index (χ1n) is 9.44. The zero-order chi connectivity index (χ0) is 18.8. The lowest BCUT2D eigenvalue weighted by molar-refractivity contribution is 1.000. The number of hydrogen-bond donors (Lipinski definition) is 1. The van der Waals surface area contributed by atoms with E-state index in [1.165, 1.54) is 27.8 Å². The smallest absolute Gasteiger partial charge is 0.140 e. The van der Waals surface area contributed by atoms with Crippen LogP contribution in [0.15, 0.2) is 66.7 Å². The van der Waals surface area contributed by atoms with Gasteiger partial charge in [0.25, 0.3) is 0 Å². The van der Waals surface area contributed by atoms with Gasteiger partial charge in [-0.15, -0.1) is 0 Å². The molecule has 0 spiro atoms. The topological polar surface area (TPSA) is 29.3 Å². The van der Waals surface area contributed by atoms with Gasteiger partial charge >= 0.3 is 0 Å². The Balaban J connectivity index is 1.77. The predicted octanol–water partition coefficient (Wildman–Crippen LogP) is 5.16. The third-order valence-electron chi connectivity index (χ3n) is 5.23. The summed E-state index contributed by atoms with van der Waals surface area (Å²) in [6.07, 6.45) is 14.8. The highest BCUT2D eigenvalue weighted by atomic mass is 15.0. The Morgan fingerprint density at radius 3 is 2.85 bits per heavy atom. The van der Waals surface area contributed by atoms with Crippen molar-refractivity contribution in [1.29, 1.82) is 0 Å². The summed E-state index contributed by atoms with van der Waals surface area (Å²) in [4.78, 5) is 4.75. The molecular weight excluding hydrogens is 330 g/mol. The predicted molar refractivity (Wildman–Crippen MR) is 114 cm³/mol. The molecule has 136 valence electrons. The van der Waals surface area contributed by atoms with Gasteiger partial charge in [0, 0.05) is 25.4 Å². The first-order chi connectivity index (χ1) is 13.2. The molecule has 27 heavy (non-hydrogen) atoms. The second-order valence-electron chi connectivity index (χ2n) is 7.07. The van der Waals surface area contributed by atoms with E-state index in [2.05, 4.69) is 84.4 Å². The second-order valence-corrected chi connectivity index (χ2v) is 7.07. The van der Waals surface area contributed by atoms with E-state index in [4.69, 9.17) is 4.98 Å². The molecule has 1 aromatic carbocycles. The molecule has 0 aliphatic heterocycles. The Morgan fingerprint density at radius 2 is 2.07 bits per heavy atom. The van der Waals surface area contributed by atoms with E-state index in [-0.39, 0.29) is 0 Å². The fraction of sp³-hybridized carbons (Fsp3) is 0.208. The number of fused-ring (bicyclic) bond motifs is 1. The Labute approximate surface area is 160 Å². The van der Waals surface area contributed by atoms with Crippen LogP contribution in [0.3, 0.4) is 0 Å². The van der Waals surface area contributed by atoms with Gasteiger partial charge in [-0.2, -0.15) is 0 Å². The molecule has 0 radical (unpaired) electrons. The standard InChI is InChI=1S/C24H25N3/c1-17-8-6-11-20(22(17)14-18(2)25-3)15-21-12-7-13-27-23(16-26-24(21)27)19-9-4-5-10-19/h4,6-14,16,25H,5,15H2,1-3H3/b18-14-. The van der Waals surface area contributed by atoms with Gasteiger partial charge < -0.3 is 5.32 Å². The van der Waals surface area contributed by atoms with Crippen LogP contribution < -0.4 is 5.32 Å². The number of aromatic nitrogens is 2. The van der Waals surface area contributed by atoms with Crippen molar-refractivity contribution in [1.82, 2.24) is 14.7 Å². The van der Waals surface area contributed by atoms with E-state index in [1.54, 1.807) is 0 Å². The monoisotopic (exact) mass is 355 g/mol. The average Bonchev–Trinajstić information content (AvgIpc) is 3.34. The number of rotatable bonds is 5. The van der Waals surface area contributed by atoms with Crippen molar-refractivity contribution < 1.29 is 0 Å². The zero-order valence-electron chi connectivity index (χ0n) is 16.2. The van der Waals surface area contributed by atoms with Crippen LogP contribution in [0.2, 0.25) is 0 Å². The van der Waals surface area contributed by atoms with E-state index < -0.39 is 0 Å². The average molecular weight is 355 g/mol. The maximum absolute atomic E-state index is 4.75. The maximum Gasteiger partial charge on any atom is 0.140 e. The summed E-state index contributed by atoms with van der Waals surface area (Å²) in [5.74, 6) is 0. The lowest BCUT2D eigenvalue weighted by atomic mass is 9.96. The van der Waals surface area contributed by atoms with Crippen LogP contribution in [-0.4, -0.2) is 16.4 Å². The summed E-state index contributed by atoms with van der Waals surface area (Å²) in [7, 11) is 1.96. The van der Waals surface area contributed by atoms with Gasteiger partial charge in [-0.1, -0.05) is 42.5 Å². The number of allylic oxidation sites excluding steroid dienone is 5. The van der Waals surface area contributed by atoms with Crippen molar-refractivity contribution in [2.24, 2.45) is 0 Å². The summed E-state index contributed by atoms with van der Waals surface area (Å²) in [6, 6.07) is 10.8. The summed E-state index contributed by atoms with van der Waals surface area (Å²) in [5.41, 5.74) is 9.76. The van der Waals surface area contributed by atoms with E-state index >= 15 is 0 Å². The molecule has 0 fully saturated rings. The minimum atomic E-state index is 0.861. The highest BCUT2D eigenvalue weighted by molar-refractivity contribution is 5.76. The molecular formula is C24H25N3. The van der Waals surface area contributed by atoms with Gasteiger partial charge in [-0.25, -0.2) is 4.98 Å². The summed E-state index contributed by atoms with van der Waals surface area (Å²) < 4.78 is 2.21. The number of imidazole rings is 1. The third kappa shape index (κ3) is 3.33. The largest absolute Gasteiger partial charge is 0.392 e. The minimum Gasteiger partial charge on any atom is -0.392 e. The van der Waals surface area contributed by atoms with Crippen LogP contribution in [0.25, 0.3) is 17.3 Å². The molecule has 0 atom stereocenters. The first-order valence-corrected chi connectivity index (χ1v) is 9.44. The Morgan fingerprint density at radius 1 is 1.22 bits per heavy atom. The van der Waals surface area contributed by atoms with Gasteiger partial charge in [-0.3, -0.25) is 4.40 Å². The molecule has 2 heterocycles. The number of benzene rings is 1. The van der Waals surface area contributed by atoms with Gasteiger partial charge in [0.1, 0.15) is 5.65 Å². The van der Waals surface area contributed by atoms with Crippen LogP contribution in [0.5, 0.6) is 0 Å². The molecule has 3 nitrogen and oxygen atoms in total. The minimum absolute atomic E-state index is 0.861. The lowest BCUT2D eigenvalue weighted by Crippen LogP contribution is -2.03. The van der Waals surface area contributed by atoms with E-state index in [9.17, 15) is 0 Å². The van der Waals surface area contributed by atoms with Crippen LogP contribution >= 0.6 is 0 Å². The second kappa shape index (κ2) is 7.28. The highest BCUT2D eigenvalue weighted by Crippen LogP contribution is 2.26. The van der Waals surface area contributed by atoms with Crippen molar-refractivity contribution in [3.63, 3.8) is 0 Å². The van der Waals surface area contributed by atoms with Crippen molar-refractivity contribution in [2.75, 3.05) is 7.05 Å². The zero-order valence-corrected chi connectivity index (χ0v) is 16.2. The molecule has 0 saturated carbocycles. The Hall–Kier alpha value is -3.07. The van der Waals surface area contributed by atoms with Crippen LogP contribution in [0.1, 0.15) is 41.3 Å². The summed E-state index contributed by atoms with van der Waals surface area (Å²) in [6.45, 7) is 4.27. The number of nitrogens with zero attached hydrogens (tertiary/aromatic N) is 2. The molecule has 3 aromatic rings. The third-order valence-corrected chi connectivity index (χ3v) is 5.23. The molecule has 1 aliphatic rings. The highest BCUT2D eigenvalue weighted by Gasteiger charge is 2.13. The number of aryl methyl sites for hydroxylation is 1. The Kier molecular flexibility index (Phi) is 4.68. The van der Waals surface area contributed by atoms with Crippen molar-refractivity contribution in [2.45, 2.75) is 26.7 Å². The van der Waals surface area contributed by atoms with Crippen LogP contribution in [0, 0.1) is 6.92 Å². The molecule has 1 N–H and O–H groups in total. The first kappa shape index (κ1) is 17.3. The summed E-state index contributed by atoms with van der Waals surface area (Å²) in [5, 5.41) is 3.23. The van der Waals surface area contributed by atoms with Gasteiger partial charge in [-0.05, 0) is 60.2 Å². The molecule has 0 unspecified atom stereocenters.